The fourth-order valence-corrected chi connectivity index (χ4v) is 4.08. The van der Waals surface area contributed by atoms with Crippen LogP contribution in [0.25, 0.3) is 17.0 Å². The van der Waals surface area contributed by atoms with Gasteiger partial charge in [0.1, 0.15) is 5.82 Å². The molecule has 0 saturated heterocycles. The summed E-state index contributed by atoms with van der Waals surface area (Å²) < 4.78 is 19.7. The summed E-state index contributed by atoms with van der Waals surface area (Å²) in [5.41, 5.74) is 4.41. The summed E-state index contributed by atoms with van der Waals surface area (Å²) in [6.07, 6.45) is 0. The first-order valence-electron chi connectivity index (χ1n) is 10.5. The van der Waals surface area contributed by atoms with Gasteiger partial charge in [-0.05, 0) is 49.7 Å². The van der Waals surface area contributed by atoms with Crippen LogP contribution < -0.4 is 10.2 Å². The molecule has 4 aromatic rings. The fraction of sp³-hybridized carbons (Fsp3) is 0.115. The van der Waals surface area contributed by atoms with Crippen LogP contribution in [0.2, 0.25) is 0 Å². The highest BCUT2D eigenvalue weighted by Gasteiger charge is 2.36. The van der Waals surface area contributed by atoms with Crippen LogP contribution in [-0.4, -0.2) is 16.2 Å². The van der Waals surface area contributed by atoms with Gasteiger partial charge >= 0.3 is 6.03 Å². The second-order valence-corrected chi connectivity index (χ2v) is 7.90. The highest BCUT2D eigenvalue weighted by Crippen LogP contribution is 2.39. The number of hydrogen-bond donors (Lipinski definition) is 1. The summed E-state index contributed by atoms with van der Waals surface area (Å²) >= 11 is 0. The lowest BCUT2D eigenvalue weighted by atomic mass is 9.94. The van der Waals surface area contributed by atoms with Crippen molar-refractivity contribution in [3.8, 4) is 11.4 Å². The molecule has 1 unspecified atom stereocenters. The van der Waals surface area contributed by atoms with Crippen LogP contribution in [0.4, 0.5) is 14.9 Å². The number of rotatable bonds is 4. The standard InChI is InChI=1S/C26H21FN4O2/c1-16-8-6-10-19(14-16)24-29-25(33-30-24)22-17(2)31(21-12-4-3-5-13-21)26(32)28-23(22)18-9-7-11-20(27)15-18/h3-15,23H,1-2H3,(H,28,32). The lowest BCUT2D eigenvalue weighted by Crippen LogP contribution is -2.46. The summed E-state index contributed by atoms with van der Waals surface area (Å²) in [6.45, 7) is 3.81. The van der Waals surface area contributed by atoms with E-state index in [2.05, 4.69) is 15.5 Å². The number of anilines is 1. The van der Waals surface area contributed by atoms with Crippen LogP contribution in [0.1, 0.15) is 30.0 Å². The van der Waals surface area contributed by atoms with Gasteiger partial charge in [0, 0.05) is 11.3 Å². The van der Waals surface area contributed by atoms with E-state index in [0.29, 0.717) is 28.3 Å². The van der Waals surface area contributed by atoms with E-state index >= 15 is 0 Å². The van der Waals surface area contributed by atoms with Crippen LogP contribution in [-0.2, 0) is 0 Å². The molecule has 6 nitrogen and oxygen atoms in total. The van der Waals surface area contributed by atoms with Crippen molar-refractivity contribution < 1.29 is 13.7 Å². The Morgan fingerprint density at radius 3 is 2.52 bits per heavy atom. The van der Waals surface area contributed by atoms with Crippen molar-refractivity contribution in [1.29, 1.82) is 0 Å². The van der Waals surface area contributed by atoms with E-state index in [0.717, 1.165) is 11.1 Å². The normalized spacial score (nSPS) is 16.2. The Kier molecular flexibility index (Phi) is 5.22. The number of benzene rings is 3. The van der Waals surface area contributed by atoms with Gasteiger partial charge in [0.15, 0.2) is 0 Å². The number of para-hydroxylation sites is 1. The van der Waals surface area contributed by atoms with Crippen molar-refractivity contribution in [1.82, 2.24) is 15.5 Å². The first-order valence-corrected chi connectivity index (χ1v) is 10.5. The van der Waals surface area contributed by atoms with Crippen molar-refractivity contribution in [3.63, 3.8) is 0 Å². The van der Waals surface area contributed by atoms with Crippen molar-refractivity contribution in [2.24, 2.45) is 0 Å². The van der Waals surface area contributed by atoms with Crippen molar-refractivity contribution in [2.75, 3.05) is 4.90 Å². The molecule has 0 radical (unpaired) electrons. The van der Waals surface area contributed by atoms with Gasteiger partial charge in [0.2, 0.25) is 5.82 Å². The molecule has 0 fully saturated rings. The van der Waals surface area contributed by atoms with Gasteiger partial charge in [-0.2, -0.15) is 4.98 Å². The third kappa shape index (κ3) is 3.89. The first-order chi connectivity index (χ1) is 16.0. The number of hydrogen-bond acceptors (Lipinski definition) is 4. The zero-order valence-electron chi connectivity index (χ0n) is 18.1. The maximum absolute atomic E-state index is 14.1. The van der Waals surface area contributed by atoms with Crippen molar-refractivity contribution in [2.45, 2.75) is 19.9 Å². The molecule has 1 aromatic heterocycles. The maximum Gasteiger partial charge on any atom is 0.326 e. The average Bonchev–Trinajstić information content (AvgIpc) is 3.29. The van der Waals surface area contributed by atoms with Crippen LogP contribution in [0.5, 0.6) is 0 Å². The summed E-state index contributed by atoms with van der Waals surface area (Å²) in [4.78, 5) is 19.3. The van der Waals surface area contributed by atoms with E-state index in [1.807, 2.05) is 68.4 Å². The Balaban J connectivity index is 1.67. The van der Waals surface area contributed by atoms with Crippen LogP contribution in [0, 0.1) is 12.7 Å². The van der Waals surface area contributed by atoms with E-state index in [-0.39, 0.29) is 11.9 Å². The monoisotopic (exact) mass is 440 g/mol. The second-order valence-electron chi connectivity index (χ2n) is 7.90. The number of carbonyl (C=O) groups is 1. The summed E-state index contributed by atoms with van der Waals surface area (Å²) in [5, 5.41) is 7.15. The van der Waals surface area contributed by atoms with Gasteiger partial charge in [-0.1, -0.05) is 59.3 Å². The van der Waals surface area contributed by atoms with Crippen LogP contribution >= 0.6 is 0 Å². The van der Waals surface area contributed by atoms with Crippen LogP contribution in [0.15, 0.2) is 89.1 Å². The Bertz CT molecular complexity index is 1360. The predicted octanol–water partition coefficient (Wildman–Crippen LogP) is 5.89. The molecular formula is C26H21FN4O2. The minimum atomic E-state index is -0.654. The largest absolute Gasteiger partial charge is 0.334 e. The first kappa shape index (κ1) is 20.6. The third-order valence-corrected chi connectivity index (χ3v) is 5.61. The minimum Gasteiger partial charge on any atom is -0.334 e. The topological polar surface area (TPSA) is 71.3 Å². The number of carbonyl (C=O) groups excluding carboxylic acids is 1. The molecule has 2 heterocycles. The van der Waals surface area contributed by atoms with E-state index in [1.54, 1.807) is 17.0 Å². The Morgan fingerprint density at radius 2 is 1.76 bits per heavy atom. The average molecular weight is 440 g/mol. The second kappa shape index (κ2) is 8.35. The lowest BCUT2D eigenvalue weighted by molar-refractivity contribution is 0.244. The molecule has 0 aliphatic carbocycles. The molecule has 1 atom stereocenters. The molecule has 1 aliphatic heterocycles. The number of urea groups is 1. The maximum atomic E-state index is 14.1. The SMILES string of the molecule is CC1=C(c2nc(-c3cccc(C)c3)no2)C(c2cccc(F)c2)NC(=O)N1c1ccccc1. The number of nitrogens with zero attached hydrogens (tertiary/aromatic N) is 3. The van der Waals surface area contributed by atoms with E-state index in [9.17, 15) is 9.18 Å². The molecule has 2 amide bonds. The van der Waals surface area contributed by atoms with Crippen LogP contribution in [0.3, 0.4) is 0 Å². The number of aromatic nitrogens is 2. The Morgan fingerprint density at radius 1 is 0.970 bits per heavy atom. The number of halogens is 1. The number of allylic oxidation sites excluding steroid dienone is 1. The molecule has 3 aromatic carbocycles. The summed E-state index contributed by atoms with van der Waals surface area (Å²) in [5.74, 6) is 0.310. The highest BCUT2D eigenvalue weighted by atomic mass is 19.1. The molecule has 1 aliphatic rings. The minimum absolute atomic E-state index is 0.263. The fourth-order valence-electron chi connectivity index (χ4n) is 4.08. The molecule has 0 bridgehead atoms. The van der Waals surface area contributed by atoms with E-state index in [4.69, 9.17) is 4.52 Å². The molecule has 7 heteroatoms. The number of aryl methyl sites for hydroxylation is 1. The van der Waals surface area contributed by atoms with Gasteiger partial charge in [-0.15, -0.1) is 0 Å². The van der Waals surface area contributed by atoms with Gasteiger partial charge in [-0.25, -0.2) is 9.18 Å². The van der Waals surface area contributed by atoms with Gasteiger partial charge in [-0.3, -0.25) is 4.90 Å². The van der Waals surface area contributed by atoms with Crippen molar-refractivity contribution in [3.05, 3.63) is 107 Å². The Hall–Kier alpha value is -4.26. The molecule has 0 saturated carbocycles. The Labute approximate surface area is 190 Å². The zero-order chi connectivity index (χ0) is 22.9. The molecule has 164 valence electrons. The summed E-state index contributed by atoms with van der Waals surface area (Å²) in [6, 6.07) is 22.2. The molecular weight excluding hydrogens is 419 g/mol. The zero-order valence-corrected chi connectivity index (χ0v) is 18.1. The van der Waals surface area contributed by atoms with Crippen molar-refractivity contribution >= 4 is 17.3 Å². The number of amides is 2. The quantitative estimate of drug-likeness (QED) is 0.430. The number of nitrogens with one attached hydrogen (secondary N) is 1. The van der Waals surface area contributed by atoms with E-state index < -0.39 is 11.9 Å². The summed E-state index contributed by atoms with van der Waals surface area (Å²) in [7, 11) is 0. The van der Waals surface area contributed by atoms with E-state index in [1.165, 1.54) is 12.1 Å². The lowest BCUT2D eigenvalue weighted by Gasteiger charge is -2.35. The predicted molar refractivity (Wildman–Crippen MR) is 124 cm³/mol. The molecule has 0 spiro atoms. The van der Waals surface area contributed by atoms with Gasteiger partial charge in [0.25, 0.3) is 5.89 Å². The third-order valence-electron chi connectivity index (χ3n) is 5.61. The highest BCUT2D eigenvalue weighted by molar-refractivity contribution is 6.01. The smallest absolute Gasteiger partial charge is 0.326 e. The molecule has 5 rings (SSSR count). The van der Waals surface area contributed by atoms with Gasteiger partial charge in [0.05, 0.1) is 17.3 Å². The molecule has 33 heavy (non-hydrogen) atoms. The van der Waals surface area contributed by atoms with Gasteiger partial charge < -0.3 is 9.84 Å². The molecule has 1 N–H and O–H groups in total.